The highest BCUT2D eigenvalue weighted by atomic mass is 16.5. The molecule has 9 nitrogen and oxygen atoms in total. The number of amides is 1. The van der Waals surface area contributed by atoms with E-state index in [1.54, 1.807) is 19.2 Å². The van der Waals surface area contributed by atoms with Crippen LogP contribution >= 0.6 is 0 Å². The van der Waals surface area contributed by atoms with E-state index in [1.165, 1.54) is 13.3 Å². The van der Waals surface area contributed by atoms with E-state index in [9.17, 15) is 19.5 Å². The van der Waals surface area contributed by atoms with Crippen molar-refractivity contribution in [1.82, 2.24) is 19.9 Å². The number of pyridine rings is 1. The molecule has 9 heteroatoms. The number of aliphatic hydroxyl groups excluding tert-OH is 1. The zero-order valence-electron chi connectivity index (χ0n) is 15.1. The quantitative estimate of drug-likeness (QED) is 0.647. The second kappa shape index (κ2) is 7.75. The van der Waals surface area contributed by atoms with Gasteiger partial charge in [-0.1, -0.05) is 6.07 Å². The summed E-state index contributed by atoms with van der Waals surface area (Å²) in [7, 11) is 1.52. The maximum atomic E-state index is 12.5. The third-order valence-corrected chi connectivity index (χ3v) is 4.77. The van der Waals surface area contributed by atoms with E-state index < -0.39 is 11.2 Å². The molecule has 0 saturated heterocycles. The molecule has 27 heavy (non-hydrogen) atoms. The molecule has 1 saturated carbocycles. The van der Waals surface area contributed by atoms with Gasteiger partial charge in [0.1, 0.15) is 6.54 Å². The number of hydrogen-bond acceptors (Lipinski definition) is 6. The van der Waals surface area contributed by atoms with Crippen LogP contribution in [0.1, 0.15) is 30.0 Å². The summed E-state index contributed by atoms with van der Waals surface area (Å²) in [4.78, 5) is 42.2. The lowest BCUT2D eigenvalue weighted by Crippen LogP contribution is -2.43. The molecule has 3 rings (SSSR count). The Morgan fingerprint density at radius 3 is 2.78 bits per heavy atom. The average Bonchev–Trinajstić information content (AvgIpc) is 2.62. The van der Waals surface area contributed by atoms with Gasteiger partial charge < -0.3 is 15.2 Å². The fourth-order valence-corrected chi connectivity index (χ4v) is 3.18. The summed E-state index contributed by atoms with van der Waals surface area (Å²) in [6, 6.07) is 3.19. The van der Waals surface area contributed by atoms with Crippen molar-refractivity contribution in [2.75, 3.05) is 7.11 Å². The lowest BCUT2D eigenvalue weighted by Gasteiger charge is -2.38. The second-order valence-electron chi connectivity index (χ2n) is 6.76. The zero-order chi connectivity index (χ0) is 19.6. The van der Waals surface area contributed by atoms with Crippen molar-refractivity contribution in [2.24, 2.45) is 5.92 Å². The molecule has 1 aliphatic carbocycles. The van der Waals surface area contributed by atoms with Gasteiger partial charge >= 0.3 is 5.69 Å². The first kappa shape index (κ1) is 18.8. The predicted octanol–water partition coefficient (Wildman–Crippen LogP) is -0.123. The van der Waals surface area contributed by atoms with Crippen molar-refractivity contribution in [1.29, 1.82) is 0 Å². The average molecular weight is 374 g/mol. The number of H-pyrrole nitrogens is 1. The van der Waals surface area contributed by atoms with E-state index in [4.69, 9.17) is 4.74 Å². The van der Waals surface area contributed by atoms with Crippen LogP contribution in [0.15, 0.2) is 34.1 Å². The summed E-state index contributed by atoms with van der Waals surface area (Å²) >= 11 is 0. The maximum Gasteiger partial charge on any atom is 0.328 e. The lowest BCUT2D eigenvalue weighted by molar-refractivity contribution is -0.123. The number of aromatic amines is 1. The number of nitrogens with zero attached hydrogens (tertiary/aromatic N) is 2. The molecule has 2 heterocycles. The Kier molecular flexibility index (Phi) is 5.41. The molecule has 1 unspecified atom stereocenters. The number of ether oxygens (including phenoxy) is 1. The monoisotopic (exact) mass is 374 g/mol. The molecule has 1 fully saturated rings. The number of aliphatic hydroxyl groups is 1. The largest absolute Gasteiger partial charge is 0.481 e. The highest BCUT2D eigenvalue weighted by Crippen LogP contribution is 2.38. The minimum absolute atomic E-state index is 0.0770. The third-order valence-electron chi connectivity index (χ3n) is 4.77. The zero-order valence-corrected chi connectivity index (χ0v) is 15.1. The summed E-state index contributed by atoms with van der Waals surface area (Å²) in [6.07, 6.45) is 3.77. The number of carbonyl (C=O) groups excluding carboxylic acids is 1. The van der Waals surface area contributed by atoms with Gasteiger partial charge in [-0.3, -0.25) is 19.1 Å². The van der Waals surface area contributed by atoms with Gasteiger partial charge in [0, 0.05) is 24.0 Å². The number of aryl methyl sites for hydroxylation is 1. The molecule has 2 aromatic rings. The van der Waals surface area contributed by atoms with Crippen LogP contribution in [0.5, 0.6) is 5.88 Å². The number of nitrogens with one attached hydrogen (secondary N) is 2. The van der Waals surface area contributed by atoms with Gasteiger partial charge in [0.25, 0.3) is 5.56 Å². The molecule has 0 spiro atoms. The maximum absolute atomic E-state index is 12.5. The fraction of sp³-hybridized carbons (Fsp3) is 0.444. The van der Waals surface area contributed by atoms with Crippen molar-refractivity contribution in [3.8, 4) is 5.88 Å². The Morgan fingerprint density at radius 2 is 2.19 bits per heavy atom. The molecule has 0 radical (unpaired) electrons. The molecule has 3 N–H and O–H groups in total. The van der Waals surface area contributed by atoms with Crippen LogP contribution in [-0.2, 0) is 11.3 Å². The number of rotatable bonds is 6. The van der Waals surface area contributed by atoms with E-state index in [-0.39, 0.29) is 30.5 Å². The van der Waals surface area contributed by atoms with E-state index in [0.29, 0.717) is 24.3 Å². The number of aromatic nitrogens is 3. The molecule has 0 bridgehead atoms. The van der Waals surface area contributed by atoms with Crippen LogP contribution in [0.25, 0.3) is 0 Å². The molecule has 1 amide bonds. The van der Waals surface area contributed by atoms with Crippen molar-refractivity contribution in [3.63, 3.8) is 0 Å². The van der Waals surface area contributed by atoms with Gasteiger partial charge in [-0.05, 0) is 31.2 Å². The van der Waals surface area contributed by atoms with Crippen LogP contribution in [0, 0.1) is 12.8 Å². The summed E-state index contributed by atoms with van der Waals surface area (Å²) in [5.74, 6) is 0.173. The normalized spacial score (nSPS) is 19.8. The highest BCUT2D eigenvalue weighted by Gasteiger charge is 2.35. The Labute approximate surface area is 155 Å². The van der Waals surface area contributed by atoms with Gasteiger partial charge in [-0.25, -0.2) is 9.78 Å². The lowest BCUT2D eigenvalue weighted by atomic mass is 9.75. The molecule has 144 valence electrons. The SMILES string of the molecule is COc1ccc(C(NC(=O)Cn2cc(C)c(=O)[nH]c2=O)C2CC(O)C2)cn1. The topological polar surface area (TPSA) is 126 Å². The van der Waals surface area contributed by atoms with Gasteiger partial charge in [0.2, 0.25) is 11.8 Å². The highest BCUT2D eigenvalue weighted by molar-refractivity contribution is 5.76. The molecule has 2 aromatic heterocycles. The van der Waals surface area contributed by atoms with E-state index in [2.05, 4.69) is 15.3 Å². The number of carbonyl (C=O) groups is 1. The smallest absolute Gasteiger partial charge is 0.328 e. The van der Waals surface area contributed by atoms with Crippen LogP contribution < -0.4 is 21.3 Å². The first-order valence-corrected chi connectivity index (χ1v) is 8.65. The van der Waals surface area contributed by atoms with Crippen molar-refractivity contribution in [2.45, 2.75) is 38.5 Å². The van der Waals surface area contributed by atoms with Crippen LogP contribution in [0.2, 0.25) is 0 Å². The first-order chi connectivity index (χ1) is 12.9. The summed E-state index contributed by atoms with van der Waals surface area (Å²) in [5, 5.41) is 12.6. The molecule has 0 aromatic carbocycles. The van der Waals surface area contributed by atoms with Crippen molar-refractivity contribution in [3.05, 3.63) is 56.5 Å². The standard InChI is InChI=1S/C18H22N4O5/c1-10-8-22(18(26)21-17(10)25)9-14(24)20-16(12-5-13(23)6-12)11-3-4-15(27-2)19-7-11/h3-4,7-8,12-13,16,23H,5-6,9H2,1-2H3,(H,20,24)(H,21,25,26). The van der Waals surface area contributed by atoms with Crippen LogP contribution in [0.3, 0.4) is 0 Å². The summed E-state index contributed by atoms with van der Waals surface area (Å²) in [5.41, 5.74) is 0.0382. The van der Waals surface area contributed by atoms with Gasteiger partial charge in [-0.2, -0.15) is 0 Å². The van der Waals surface area contributed by atoms with Crippen molar-refractivity contribution >= 4 is 5.91 Å². The summed E-state index contributed by atoms with van der Waals surface area (Å²) < 4.78 is 6.21. The minimum atomic E-state index is -0.637. The van der Waals surface area contributed by atoms with E-state index in [1.807, 2.05) is 6.07 Å². The third kappa shape index (κ3) is 4.25. The molecule has 0 aliphatic heterocycles. The number of hydrogen-bond donors (Lipinski definition) is 3. The van der Waals surface area contributed by atoms with Gasteiger partial charge in [0.05, 0.1) is 19.3 Å². The molecular formula is C18H22N4O5. The summed E-state index contributed by atoms with van der Waals surface area (Å²) in [6.45, 7) is 1.35. The molecule has 1 atom stereocenters. The molecule has 1 aliphatic rings. The van der Waals surface area contributed by atoms with Gasteiger partial charge in [-0.15, -0.1) is 0 Å². The minimum Gasteiger partial charge on any atom is -0.481 e. The fourth-order valence-electron chi connectivity index (χ4n) is 3.18. The Bertz CT molecular complexity index is 928. The second-order valence-corrected chi connectivity index (χ2v) is 6.76. The van der Waals surface area contributed by atoms with Crippen LogP contribution in [-0.4, -0.2) is 38.8 Å². The Balaban J connectivity index is 1.77. The Hall–Kier alpha value is -2.94. The van der Waals surface area contributed by atoms with Crippen molar-refractivity contribution < 1.29 is 14.6 Å². The molecular weight excluding hydrogens is 352 g/mol. The van der Waals surface area contributed by atoms with E-state index in [0.717, 1.165) is 10.1 Å². The van der Waals surface area contributed by atoms with Gasteiger partial charge in [0.15, 0.2) is 0 Å². The van der Waals surface area contributed by atoms with E-state index >= 15 is 0 Å². The van der Waals surface area contributed by atoms with Crippen LogP contribution in [0.4, 0.5) is 0 Å². The first-order valence-electron chi connectivity index (χ1n) is 8.65. The Morgan fingerprint density at radius 1 is 1.44 bits per heavy atom. The number of methoxy groups -OCH3 is 1. The predicted molar refractivity (Wildman–Crippen MR) is 96.5 cm³/mol.